The van der Waals surface area contributed by atoms with Crippen LogP contribution in [0.4, 0.5) is 4.39 Å². The highest BCUT2D eigenvalue weighted by molar-refractivity contribution is 6.00. The smallest absolute Gasteiger partial charge is 0.358 e. The van der Waals surface area contributed by atoms with Crippen molar-refractivity contribution in [2.24, 2.45) is 5.92 Å². The molecular formula is C19H18FN3O3. The summed E-state index contributed by atoms with van der Waals surface area (Å²) in [4.78, 5) is 31.5. The Kier molecular flexibility index (Phi) is 3.38. The molecule has 2 fully saturated rings. The normalized spacial score (nSPS) is 21.0. The number of aromatic nitrogens is 2. The lowest BCUT2D eigenvalue weighted by Crippen LogP contribution is -2.31. The van der Waals surface area contributed by atoms with Gasteiger partial charge in [-0.1, -0.05) is 6.07 Å². The second-order valence-corrected chi connectivity index (χ2v) is 7.18. The molecular weight excluding hydrogens is 337 g/mol. The van der Waals surface area contributed by atoms with E-state index in [1.54, 1.807) is 21.6 Å². The van der Waals surface area contributed by atoms with Gasteiger partial charge in [-0.05, 0) is 43.7 Å². The highest BCUT2D eigenvalue weighted by Gasteiger charge is 2.41. The van der Waals surface area contributed by atoms with Gasteiger partial charge in [0.1, 0.15) is 12.1 Å². The number of hydrogen-bond acceptors (Lipinski definition) is 4. The van der Waals surface area contributed by atoms with Gasteiger partial charge in [-0.3, -0.25) is 9.36 Å². The molecule has 1 aromatic carbocycles. The summed E-state index contributed by atoms with van der Waals surface area (Å²) in [5.74, 6) is -0.900. The molecule has 0 unspecified atom stereocenters. The number of fused-ring (bicyclic) bond motifs is 5. The lowest BCUT2D eigenvalue weighted by molar-refractivity contribution is 0.0473. The van der Waals surface area contributed by atoms with E-state index in [0.29, 0.717) is 30.5 Å². The van der Waals surface area contributed by atoms with Gasteiger partial charge in [-0.2, -0.15) is 0 Å². The Morgan fingerprint density at radius 2 is 2.15 bits per heavy atom. The van der Waals surface area contributed by atoms with Gasteiger partial charge in [0.15, 0.2) is 5.69 Å². The van der Waals surface area contributed by atoms with Crippen molar-refractivity contribution in [3.05, 3.63) is 47.3 Å². The fourth-order valence-corrected chi connectivity index (χ4v) is 3.93. The van der Waals surface area contributed by atoms with Crippen LogP contribution < -0.4 is 0 Å². The molecule has 0 N–H and O–H groups in total. The first kappa shape index (κ1) is 15.5. The van der Waals surface area contributed by atoms with Gasteiger partial charge in [-0.25, -0.2) is 14.2 Å². The minimum Gasteiger partial charge on any atom is -0.461 e. The number of carbonyl (C=O) groups is 2. The zero-order valence-corrected chi connectivity index (χ0v) is 14.2. The molecule has 26 heavy (non-hydrogen) atoms. The largest absolute Gasteiger partial charge is 0.461 e. The van der Waals surface area contributed by atoms with Crippen molar-refractivity contribution in [2.45, 2.75) is 31.7 Å². The molecule has 1 aromatic heterocycles. The summed E-state index contributed by atoms with van der Waals surface area (Å²) < 4.78 is 21.6. The van der Waals surface area contributed by atoms with Crippen LogP contribution in [0.5, 0.6) is 0 Å². The summed E-state index contributed by atoms with van der Waals surface area (Å²) >= 11 is 0. The van der Waals surface area contributed by atoms with Gasteiger partial charge in [-0.15, -0.1) is 0 Å². The van der Waals surface area contributed by atoms with Crippen molar-refractivity contribution >= 4 is 11.9 Å². The number of halogens is 1. The molecule has 0 bridgehead atoms. The molecule has 6 nitrogen and oxygen atoms in total. The van der Waals surface area contributed by atoms with Crippen LogP contribution >= 0.6 is 0 Å². The Bertz CT molecular complexity index is 919. The quantitative estimate of drug-likeness (QED) is 0.794. The van der Waals surface area contributed by atoms with E-state index >= 15 is 0 Å². The Morgan fingerprint density at radius 1 is 1.31 bits per heavy atom. The second kappa shape index (κ2) is 5.65. The van der Waals surface area contributed by atoms with Crippen molar-refractivity contribution in [1.29, 1.82) is 0 Å². The van der Waals surface area contributed by atoms with E-state index in [1.165, 1.54) is 12.4 Å². The van der Waals surface area contributed by atoms with E-state index in [4.69, 9.17) is 4.74 Å². The molecule has 2 aliphatic heterocycles. The predicted octanol–water partition coefficient (Wildman–Crippen LogP) is 2.87. The number of esters is 1. The van der Waals surface area contributed by atoms with Crippen LogP contribution in [0.2, 0.25) is 0 Å². The Labute approximate surface area is 149 Å². The van der Waals surface area contributed by atoms with Gasteiger partial charge < -0.3 is 9.64 Å². The third kappa shape index (κ3) is 2.26. The lowest BCUT2D eigenvalue weighted by Gasteiger charge is -2.22. The first-order valence-electron chi connectivity index (χ1n) is 8.99. The van der Waals surface area contributed by atoms with Crippen molar-refractivity contribution in [2.75, 3.05) is 13.2 Å². The van der Waals surface area contributed by atoms with E-state index in [9.17, 15) is 14.0 Å². The lowest BCUT2D eigenvalue weighted by atomic mass is 10.1. The molecule has 1 saturated carbocycles. The van der Waals surface area contributed by atoms with Crippen molar-refractivity contribution < 1.29 is 18.7 Å². The van der Waals surface area contributed by atoms with Gasteiger partial charge in [0.25, 0.3) is 5.91 Å². The minimum absolute atomic E-state index is 0.0356. The van der Waals surface area contributed by atoms with Gasteiger partial charge in [0.2, 0.25) is 0 Å². The molecule has 3 aliphatic rings. The Balaban J connectivity index is 1.64. The first-order valence-corrected chi connectivity index (χ1v) is 8.99. The SMILES string of the molecule is O=C(OCC1CC1)c1ncn2c1[C@@H]1CCCN1C(=O)c1c(F)cccc1-2. The summed E-state index contributed by atoms with van der Waals surface area (Å²) in [6.45, 7) is 0.947. The number of ether oxygens (including phenoxy) is 1. The summed E-state index contributed by atoms with van der Waals surface area (Å²) in [5, 5.41) is 0. The topological polar surface area (TPSA) is 64.4 Å². The molecule has 3 heterocycles. The van der Waals surface area contributed by atoms with E-state index in [-0.39, 0.29) is 23.2 Å². The van der Waals surface area contributed by atoms with Crippen molar-refractivity contribution in [1.82, 2.24) is 14.5 Å². The van der Waals surface area contributed by atoms with Gasteiger partial charge >= 0.3 is 5.97 Å². The van der Waals surface area contributed by atoms with E-state index in [1.807, 2.05) is 0 Å². The van der Waals surface area contributed by atoms with Gasteiger partial charge in [0.05, 0.1) is 29.6 Å². The molecule has 5 rings (SSSR count). The first-order chi connectivity index (χ1) is 12.6. The van der Waals surface area contributed by atoms with Crippen LogP contribution in [0.1, 0.15) is 58.3 Å². The van der Waals surface area contributed by atoms with E-state index in [0.717, 1.165) is 25.7 Å². The molecule has 7 heteroatoms. The van der Waals surface area contributed by atoms with Crippen LogP contribution in [0.25, 0.3) is 5.69 Å². The number of carbonyl (C=O) groups excluding carboxylic acids is 2. The predicted molar refractivity (Wildman–Crippen MR) is 89.5 cm³/mol. The van der Waals surface area contributed by atoms with Gasteiger partial charge in [0, 0.05) is 6.54 Å². The average molecular weight is 355 g/mol. The number of benzene rings is 1. The van der Waals surface area contributed by atoms with Crippen molar-refractivity contribution in [3.8, 4) is 5.69 Å². The highest BCUT2D eigenvalue weighted by Crippen LogP contribution is 2.40. The van der Waals surface area contributed by atoms with E-state index < -0.39 is 11.8 Å². The standard InChI is InChI=1S/C19H18FN3O3/c20-12-3-1-4-13-15(12)18(24)22-8-2-5-14(22)17-16(21-10-23(13)17)19(25)26-9-11-6-7-11/h1,3-4,10-11,14H,2,5-9H2/t14-/m0/s1. The third-order valence-electron chi connectivity index (χ3n) is 5.44. The molecule has 2 aromatic rings. The zero-order valence-electron chi connectivity index (χ0n) is 14.2. The van der Waals surface area contributed by atoms with Crippen LogP contribution in [0.15, 0.2) is 24.5 Å². The number of amides is 1. The molecule has 1 saturated heterocycles. The monoisotopic (exact) mass is 355 g/mol. The minimum atomic E-state index is -0.558. The highest BCUT2D eigenvalue weighted by atomic mass is 19.1. The summed E-state index contributed by atoms with van der Waals surface area (Å²) in [6.07, 6.45) is 5.20. The van der Waals surface area contributed by atoms with Crippen LogP contribution in [0.3, 0.4) is 0 Å². The van der Waals surface area contributed by atoms with E-state index in [2.05, 4.69) is 4.98 Å². The molecule has 1 amide bonds. The zero-order chi connectivity index (χ0) is 17.8. The van der Waals surface area contributed by atoms with Crippen LogP contribution in [-0.4, -0.2) is 39.5 Å². The average Bonchev–Trinajstić information content (AvgIpc) is 3.18. The molecule has 0 spiro atoms. The maximum Gasteiger partial charge on any atom is 0.358 e. The molecule has 0 radical (unpaired) electrons. The molecule has 134 valence electrons. The fourth-order valence-electron chi connectivity index (χ4n) is 3.93. The summed E-state index contributed by atoms with van der Waals surface area (Å²) in [5.41, 5.74) is 1.31. The number of rotatable bonds is 3. The molecule has 1 aliphatic carbocycles. The number of imidazole rings is 1. The molecule has 1 atom stereocenters. The van der Waals surface area contributed by atoms with Crippen LogP contribution in [-0.2, 0) is 4.74 Å². The Morgan fingerprint density at radius 3 is 2.96 bits per heavy atom. The Hall–Kier alpha value is -2.70. The second-order valence-electron chi connectivity index (χ2n) is 7.18. The number of nitrogens with zero attached hydrogens (tertiary/aromatic N) is 3. The summed E-state index contributed by atoms with van der Waals surface area (Å²) in [7, 11) is 0. The maximum absolute atomic E-state index is 14.5. The summed E-state index contributed by atoms with van der Waals surface area (Å²) in [6, 6.07) is 4.24. The fraction of sp³-hybridized carbons (Fsp3) is 0.421. The van der Waals surface area contributed by atoms with Crippen LogP contribution in [0, 0.1) is 11.7 Å². The number of hydrogen-bond donors (Lipinski definition) is 0. The maximum atomic E-state index is 14.5. The van der Waals surface area contributed by atoms with Crippen molar-refractivity contribution in [3.63, 3.8) is 0 Å². The third-order valence-corrected chi connectivity index (χ3v) is 5.44.